The topological polar surface area (TPSA) is 131 Å². The average Bonchev–Trinajstić information content (AvgIpc) is 3.00. The maximum Gasteiger partial charge on any atom is 0.252 e. The summed E-state index contributed by atoms with van der Waals surface area (Å²) in [5, 5.41) is 3.49. The van der Waals surface area contributed by atoms with Crippen LogP contribution in [0.2, 0.25) is 0 Å². The number of rotatable bonds is 10. The van der Waals surface area contributed by atoms with Crippen molar-refractivity contribution < 1.29 is 18.0 Å². The lowest BCUT2D eigenvalue weighted by atomic mass is 9.94. The maximum absolute atomic E-state index is 13.4. The molecular weight excluding hydrogens is 536 g/mol. The Balaban J connectivity index is 1.41. The number of carbonyl (C=O) groups excluding carboxylic acids is 2. The number of aromatic nitrogens is 1. The number of hydrogen-bond donors (Lipinski definition) is 3. The van der Waals surface area contributed by atoms with E-state index in [0.717, 1.165) is 10.9 Å². The van der Waals surface area contributed by atoms with E-state index >= 15 is 0 Å². The first kappa shape index (κ1) is 27.7. The Bertz CT molecular complexity index is 1820. The van der Waals surface area contributed by atoms with E-state index < -0.39 is 27.9 Å². The van der Waals surface area contributed by atoms with E-state index in [2.05, 4.69) is 15.0 Å². The number of nitrogens with two attached hydrogens (primary N) is 1. The summed E-state index contributed by atoms with van der Waals surface area (Å²) >= 11 is 0. The van der Waals surface area contributed by atoms with E-state index in [-0.39, 0.29) is 17.9 Å². The smallest absolute Gasteiger partial charge is 0.252 e. The maximum atomic E-state index is 13.4. The van der Waals surface area contributed by atoms with Crippen molar-refractivity contribution in [3.63, 3.8) is 0 Å². The molecule has 4 N–H and O–H groups in total. The van der Waals surface area contributed by atoms with Gasteiger partial charge < -0.3 is 11.1 Å². The van der Waals surface area contributed by atoms with Gasteiger partial charge >= 0.3 is 0 Å². The van der Waals surface area contributed by atoms with Gasteiger partial charge in [0.2, 0.25) is 15.9 Å². The van der Waals surface area contributed by atoms with E-state index in [1.807, 2.05) is 42.5 Å². The Morgan fingerprint density at radius 2 is 1.46 bits per heavy atom. The molecule has 1 atom stereocenters. The third-order valence-corrected chi connectivity index (χ3v) is 8.18. The fraction of sp³-hybridized carbons (Fsp3) is 0.0938. The second-order valence-electron chi connectivity index (χ2n) is 9.48. The van der Waals surface area contributed by atoms with Crippen molar-refractivity contribution in [1.29, 1.82) is 0 Å². The van der Waals surface area contributed by atoms with Crippen LogP contribution >= 0.6 is 0 Å². The molecule has 0 aliphatic heterocycles. The van der Waals surface area contributed by atoms with Crippen LogP contribution in [0, 0.1) is 0 Å². The minimum absolute atomic E-state index is 0.0183. The molecule has 9 heteroatoms. The third kappa shape index (κ3) is 6.32. The number of fused-ring (bicyclic) bond motifs is 1. The van der Waals surface area contributed by atoms with E-state index in [1.165, 1.54) is 6.07 Å². The predicted molar refractivity (Wildman–Crippen MR) is 158 cm³/mol. The number of carbonyl (C=O) groups is 2. The van der Waals surface area contributed by atoms with Crippen LogP contribution in [0.3, 0.4) is 0 Å². The van der Waals surface area contributed by atoms with Gasteiger partial charge in [0.1, 0.15) is 10.9 Å². The zero-order chi connectivity index (χ0) is 28.8. The van der Waals surface area contributed by atoms with E-state index in [1.54, 1.807) is 66.9 Å². The van der Waals surface area contributed by atoms with Crippen LogP contribution in [0.1, 0.15) is 21.5 Å². The van der Waals surface area contributed by atoms with Gasteiger partial charge in [-0.3, -0.25) is 14.6 Å². The minimum Gasteiger partial charge on any atom is -0.368 e. The van der Waals surface area contributed by atoms with Crippen molar-refractivity contribution in [2.24, 2.45) is 5.73 Å². The number of para-hydroxylation sites is 1. The molecule has 0 aliphatic carbocycles. The zero-order valence-electron chi connectivity index (χ0n) is 22.0. The van der Waals surface area contributed by atoms with Gasteiger partial charge in [0.25, 0.3) is 5.91 Å². The van der Waals surface area contributed by atoms with Gasteiger partial charge in [0, 0.05) is 30.1 Å². The molecule has 0 unspecified atom stereocenters. The molecule has 5 aromatic rings. The van der Waals surface area contributed by atoms with Crippen molar-refractivity contribution in [3.8, 4) is 11.1 Å². The van der Waals surface area contributed by atoms with E-state index in [9.17, 15) is 18.0 Å². The SMILES string of the molecule is NC(=O)[C@H](Cc1ccccc1)NC(=O)c1ccccc1-c1ccccc1CNS(=O)(=O)c1cccc2cccnc12. The van der Waals surface area contributed by atoms with Gasteiger partial charge in [0.05, 0.1) is 5.52 Å². The molecule has 4 aromatic carbocycles. The molecular formula is C32H28N4O4S. The molecule has 0 aliphatic rings. The molecule has 0 fully saturated rings. The summed E-state index contributed by atoms with van der Waals surface area (Å²) in [4.78, 5) is 30.0. The number of hydrogen-bond acceptors (Lipinski definition) is 5. The molecule has 41 heavy (non-hydrogen) atoms. The van der Waals surface area contributed by atoms with Crippen LogP contribution in [-0.2, 0) is 27.8 Å². The van der Waals surface area contributed by atoms with Crippen molar-refractivity contribution in [1.82, 2.24) is 15.0 Å². The number of primary amides is 1. The summed E-state index contributed by atoms with van der Waals surface area (Å²) in [6.07, 6.45) is 1.81. The lowest BCUT2D eigenvalue weighted by Gasteiger charge is -2.18. The highest BCUT2D eigenvalue weighted by atomic mass is 32.2. The van der Waals surface area contributed by atoms with Gasteiger partial charge in [-0.15, -0.1) is 0 Å². The first-order chi connectivity index (χ1) is 19.8. The molecule has 0 saturated carbocycles. The van der Waals surface area contributed by atoms with Crippen LogP contribution in [0.25, 0.3) is 22.0 Å². The number of nitrogens with one attached hydrogen (secondary N) is 2. The quantitative estimate of drug-likeness (QED) is 0.234. The second-order valence-corrected chi connectivity index (χ2v) is 11.2. The Labute approximate surface area is 238 Å². The van der Waals surface area contributed by atoms with Crippen molar-refractivity contribution >= 4 is 32.7 Å². The largest absolute Gasteiger partial charge is 0.368 e. The molecule has 206 valence electrons. The number of pyridine rings is 1. The number of benzene rings is 4. The monoisotopic (exact) mass is 564 g/mol. The van der Waals surface area contributed by atoms with Crippen LogP contribution < -0.4 is 15.8 Å². The molecule has 1 heterocycles. The molecule has 5 rings (SSSR count). The number of nitrogens with zero attached hydrogens (tertiary/aromatic N) is 1. The molecule has 1 aromatic heterocycles. The fourth-order valence-corrected chi connectivity index (χ4v) is 5.89. The summed E-state index contributed by atoms with van der Waals surface area (Å²) in [6.45, 7) is -0.0183. The molecule has 2 amide bonds. The average molecular weight is 565 g/mol. The minimum atomic E-state index is -3.91. The van der Waals surface area contributed by atoms with Crippen molar-refractivity contribution in [3.05, 3.63) is 132 Å². The highest BCUT2D eigenvalue weighted by Gasteiger charge is 2.23. The van der Waals surface area contributed by atoms with Gasteiger partial charge in [-0.25, -0.2) is 13.1 Å². The normalized spacial score (nSPS) is 12.1. The highest BCUT2D eigenvalue weighted by molar-refractivity contribution is 7.89. The van der Waals surface area contributed by atoms with E-state index in [0.29, 0.717) is 27.8 Å². The van der Waals surface area contributed by atoms with Gasteiger partial charge in [0.15, 0.2) is 0 Å². The molecule has 0 bridgehead atoms. The second kappa shape index (κ2) is 12.1. The molecule has 0 spiro atoms. The molecule has 0 radical (unpaired) electrons. The number of sulfonamides is 1. The Morgan fingerprint density at radius 1 is 0.780 bits per heavy atom. The van der Waals surface area contributed by atoms with Gasteiger partial charge in [-0.05, 0) is 40.5 Å². The summed E-state index contributed by atoms with van der Waals surface area (Å²) in [7, 11) is -3.91. The summed E-state index contributed by atoms with van der Waals surface area (Å²) in [5.41, 5.74) is 9.14. The van der Waals surface area contributed by atoms with Crippen molar-refractivity contribution in [2.45, 2.75) is 23.9 Å². The Hall–Kier alpha value is -4.86. The highest BCUT2D eigenvalue weighted by Crippen LogP contribution is 2.28. The van der Waals surface area contributed by atoms with E-state index in [4.69, 9.17) is 5.73 Å². The summed E-state index contributed by atoms with van der Waals surface area (Å²) in [6, 6.07) is 31.2. The van der Waals surface area contributed by atoms with Gasteiger partial charge in [-0.1, -0.05) is 91.0 Å². The Kier molecular flexibility index (Phi) is 8.19. The lowest BCUT2D eigenvalue weighted by Crippen LogP contribution is -2.46. The molecule has 0 saturated heterocycles. The standard InChI is InChI=1S/C32H28N4O4S/c33-31(37)28(20-22-10-2-1-3-11-22)36-32(38)27-17-7-6-16-26(27)25-15-5-4-12-24(25)21-35-41(39,40)29-18-8-13-23-14-9-19-34-30(23)29/h1-19,28,35H,20-21H2,(H2,33,37)(H,36,38)/t28-/m0/s1. The first-order valence-electron chi connectivity index (χ1n) is 13.0. The van der Waals surface area contributed by atoms with Crippen molar-refractivity contribution in [2.75, 3.05) is 0 Å². The van der Waals surface area contributed by atoms with Gasteiger partial charge in [-0.2, -0.15) is 0 Å². The zero-order valence-corrected chi connectivity index (χ0v) is 22.8. The van der Waals surface area contributed by atoms with Crippen LogP contribution in [-0.4, -0.2) is 31.3 Å². The molecule has 8 nitrogen and oxygen atoms in total. The summed E-state index contributed by atoms with van der Waals surface area (Å²) in [5.74, 6) is -1.10. The summed E-state index contributed by atoms with van der Waals surface area (Å²) < 4.78 is 29.3. The lowest BCUT2D eigenvalue weighted by molar-refractivity contribution is -0.119. The van der Waals surface area contributed by atoms with Crippen LogP contribution in [0.4, 0.5) is 0 Å². The Morgan fingerprint density at radius 3 is 2.24 bits per heavy atom. The number of amides is 2. The van der Waals surface area contributed by atoms with Crippen LogP contribution in [0.15, 0.2) is 120 Å². The third-order valence-electron chi connectivity index (χ3n) is 6.75. The fourth-order valence-electron chi connectivity index (χ4n) is 4.71. The first-order valence-corrected chi connectivity index (χ1v) is 14.5. The predicted octanol–water partition coefficient (Wildman–Crippen LogP) is 4.21. The van der Waals surface area contributed by atoms with Crippen LogP contribution in [0.5, 0.6) is 0 Å².